The first-order valence-electron chi connectivity index (χ1n) is 8.96. The summed E-state index contributed by atoms with van der Waals surface area (Å²) in [5.41, 5.74) is 1.98. The lowest BCUT2D eigenvalue weighted by molar-refractivity contribution is 0.419. The number of ether oxygens (including phenoxy) is 1. The topological polar surface area (TPSA) is 38.2 Å². The van der Waals surface area contributed by atoms with Crippen LogP contribution in [0.15, 0.2) is 36.4 Å². The number of piperidine rings is 1. The molecule has 1 fully saturated rings. The molecule has 0 spiro atoms. The van der Waals surface area contributed by atoms with Crippen LogP contribution >= 0.6 is 34.3 Å². The van der Waals surface area contributed by atoms with Crippen LogP contribution in [0.3, 0.4) is 0 Å². The minimum atomic E-state index is 0.533. The Morgan fingerprint density at radius 1 is 1.07 bits per heavy atom. The summed E-state index contributed by atoms with van der Waals surface area (Å²) in [7, 11) is 1.67. The van der Waals surface area contributed by atoms with Gasteiger partial charge in [-0.3, -0.25) is 0 Å². The van der Waals surface area contributed by atoms with Crippen molar-refractivity contribution >= 4 is 59.8 Å². The fraction of sp³-hybridized carbons (Fsp3) is 0.300. The van der Waals surface area contributed by atoms with Gasteiger partial charge < -0.3 is 9.64 Å². The van der Waals surface area contributed by atoms with Crippen molar-refractivity contribution in [2.75, 3.05) is 25.1 Å². The standard InChI is InChI=1S/C20H18ClN3OS2/c1-25-15-7-6-13(21)18-17(15)23-20(27-18)24-10-8-12(9-11-24)19-22-14-4-2-3-5-16(14)26-19/h2-7,12H,8-11H2,1H3. The second-order valence-corrected chi connectivity index (χ2v) is 9.15. The number of halogens is 1. The summed E-state index contributed by atoms with van der Waals surface area (Å²) in [6.45, 7) is 1.97. The van der Waals surface area contributed by atoms with Crippen molar-refractivity contribution in [2.24, 2.45) is 0 Å². The number of thiazole rings is 2. The zero-order valence-corrected chi connectivity index (χ0v) is 17.2. The van der Waals surface area contributed by atoms with Crippen molar-refractivity contribution in [3.05, 3.63) is 46.4 Å². The summed E-state index contributed by atoms with van der Waals surface area (Å²) in [6, 6.07) is 12.2. The van der Waals surface area contributed by atoms with Crippen molar-refractivity contribution in [1.82, 2.24) is 9.97 Å². The number of hydrogen-bond donors (Lipinski definition) is 0. The molecule has 0 aliphatic carbocycles. The molecule has 0 atom stereocenters. The van der Waals surface area contributed by atoms with Crippen LogP contribution in [0, 0.1) is 0 Å². The van der Waals surface area contributed by atoms with Gasteiger partial charge in [-0.15, -0.1) is 11.3 Å². The van der Waals surface area contributed by atoms with Crippen LogP contribution < -0.4 is 9.64 Å². The van der Waals surface area contributed by atoms with E-state index < -0.39 is 0 Å². The molecule has 27 heavy (non-hydrogen) atoms. The van der Waals surface area contributed by atoms with E-state index in [0.717, 1.165) is 57.6 Å². The minimum Gasteiger partial charge on any atom is -0.494 e. The van der Waals surface area contributed by atoms with Gasteiger partial charge in [0.1, 0.15) is 11.3 Å². The van der Waals surface area contributed by atoms with Gasteiger partial charge in [-0.2, -0.15) is 0 Å². The van der Waals surface area contributed by atoms with Crippen LogP contribution in [0.25, 0.3) is 20.4 Å². The third-order valence-corrected chi connectivity index (χ3v) is 7.87. The maximum atomic E-state index is 6.37. The van der Waals surface area contributed by atoms with Crippen LogP contribution in [-0.2, 0) is 0 Å². The van der Waals surface area contributed by atoms with E-state index >= 15 is 0 Å². The Hall–Kier alpha value is -1.89. The zero-order valence-electron chi connectivity index (χ0n) is 14.8. The van der Waals surface area contributed by atoms with Gasteiger partial charge in [-0.1, -0.05) is 35.1 Å². The third-order valence-electron chi connectivity index (χ3n) is 5.09. The fourth-order valence-corrected chi connectivity index (χ4v) is 6.07. The molecule has 0 unspecified atom stereocenters. The Morgan fingerprint density at radius 2 is 1.89 bits per heavy atom. The van der Waals surface area contributed by atoms with E-state index in [-0.39, 0.29) is 0 Å². The molecule has 3 heterocycles. The molecule has 0 N–H and O–H groups in total. The summed E-state index contributed by atoms with van der Waals surface area (Å²) in [4.78, 5) is 12.0. The molecule has 1 aliphatic rings. The zero-order chi connectivity index (χ0) is 18.4. The summed E-state index contributed by atoms with van der Waals surface area (Å²) in [5.74, 6) is 1.31. The van der Waals surface area contributed by atoms with Gasteiger partial charge in [0.15, 0.2) is 5.13 Å². The first-order valence-corrected chi connectivity index (χ1v) is 11.0. The Morgan fingerprint density at radius 3 is 2.67 bits per heavy atom. The fourth-order valence-electron chi connectivity index (χ4n) is 3.62. The van der Waals surface area contributed by atoms with Crippen molar-refractivity contribution in [3.63, 3.8) is 0 Å². The lowest BCUT2D eigenvalue weighted by Gasteiger charge is -2.30. The Kier molecular flexibility index (Phi) is 4.42. The molecule has 0 amide bonds. The largest absolute Gasteiger partial charge is 0.494 e. The van der Waals surface area contributed by atoms with E-state index in [1.807, 2.05) is 23.5 Å². The molecule has 4 aromatic rings. The highest BCUT2D eigenvalue weighted by Crippen LogP contribution is 2.41. The molecule has 138 valence electrons. The maximum Gasteiger partial charge on any atom is 0.186 e. The lowest BCUT2D eigenvalue weighted by atomic mass is 9.98. The highest BCUT2D eigenvalue weighted by atomic mass is 35.5. The Bertz CT molecular complexity index is 1080. The second kappa shape index (κ2) is 6.93. The predicted molar refractivity (Wildman–Crippen MR) is 115 cm³/mol. The van der Waals surface area contributed by atoms with Crippen molar-refractivity contribution in [2.45, 2.75) is 18.8 Å². The first-order chi connectivity index (χ1) is 13.2. The quantitative estimate of drug-likeness (QED) is 0.414. The number of benzene rings is 2. The van der Waals surface area contributed by atoms with Crippen LogP contribution in [0.1, 0.15) is 23.8 Å². The van der Waals surface area contributed by atoms with E-state index in [9.17, 15) is 0 Å². The molecule has 1 aliphatic heterocycles. The monoisotopic (exact) mass is 415 g/mol. The smallest absolute Gasteiger partial charge is 0.186 e. The summed E-state index contributed by atoms with van der Waals surface area (Å²) < 4.78 is 7.73. The highest BCUT2D eigenvalue weighted by Gasteiger charge is 2.25. The van der Waals surface area contributed by atoms with Crippen LogP contribution in [-0.4, -0.2) is 30.2 Å². The number of anilines is 1. The average Bonchev–Trinajstić information content (AvgIpc) is 3.34. The number of rotatable bonds is 3. The highest BCUT2D eigenvalue weighted by molar-refractivity contribution is 7.22. The van der Waals surface area contributed by atoms with Crippen LogP contribution in [0.2, 0.25) is 5.02 Å². The van der Waals surface area contributed by atoms with Gasteiger partial charge >= 0.3 is 0 Å². The molecule has 4 nitrogen and oxygen atoms in total. The summed E-state index contributed by atoms with van der Waals surface area (Å²) in [5, 5.41) is 3.03. The average molecular weight is 416 g/mol. The van der Waals surface area contributed by atoms with Gasteiger partial charge in [-0.05, 0) is 37.1 Å². The molecular weight excluding hydrogens is 398 g/mol. The van der Waals surface area contributed by atoms with Crippen LogP contribution in [0.4, 0.5) is 5.13 Å². The van der Waals surface area contributed by atoms with Gasteiger partial charge in [0.05, 0.1) is 32.1 Å². The molecule has 0 bridgehead atoms. The molecule has 5 rings (SSSR count). The number of methoxy groups -OCH3 is 1. The van der Waals surface area contributed by atoms with E-state index in [2.05, 4.69) is 29.2 Å². The third kappa shape index (κ3) is 3.06. The summed E-state index contributed by atoms with van der Waals surface area (Å²) >= 11 is 9.86. The molecule has 7 heteroatoms. The van der Waals surface area contributed by atoms with E-state index in [0.29, 0.717) is 5.92 Å². The molecule has 0 saturated carbocycles. The van der Waals surface area contributed by atoms with Gasteiger partial charge in [0.2, 0.25) is 0 Å². The van der Waals surface area contributed by atoms with Crippen molar-refractivity contribution in [3.8, 4) is 5.75 Å². The van der Waals surface area contributed by atoms with Crippen LogP contribution in [0.5, 0.6) is 5.75 Å². The SMILES string of the molecule is COc1ccc(Cl)c2sc(N3CCC(c4nc5ccccc5s4)CC3)nc12. The first kappa shape index (κ1) is 17.2. The number of fused-ring (bicyclic) bond motifs is 2. The van der Waals surface area contributed by atoms with Gasteiger partial charge in [0.25, 0.3) is 0 Å². The molecular formula is C20H18ClN3OS2. The number of para-hydroxylation sites is 1. The van der Waals surface area contributed by atoms with Gasteiger partial charge in [0, 0.05) is 19.0 Å². The second-order valence-electron chi connectivity index (χ2n) is 6.70. The van der Waals surface area contributed by atoms with E-state index in [1.165, 1.54) is 9.71 Å². The van der Waals surface area contributed by atoms with Gasteiger partial charge in [-0.25, -0.2) is 9.97 Å². The molecule has 2 aromatic carbocycles. The van der Waals surface area contributed by atoms with E-state index in [1.54, 1.807) is 18.4 Å². The van der Waals surface area contributed by atoms with Crippen molar-refractivity contribution in [1.29, 1.82) is 0 Å². The number of hydrogen-bond acceptors (Lipinski definition) is 6. The summed E-state index contributed by atoms with van der Waals surface area (Å²) in [6.07, 6.45) is 2.20. The number of nitrogens with zero attached hydrogens (tertiary/aromatic N) is 3. The lowest BCUT2D eigenvalue weighted by Crippen LogP contribution is -2.32. The Balaban J connectivity index is 1.37. The minimum absolute atomic E-state index is 0.533. The normalized spacial score (nSPS) is 15.7. The number of aromatic nitrogens is 2. The predicted octanol–water partition coefficient (Wildman–Crippen LogP) is 5.95. The maximum absolute atomic E-state index is 6.37. The molecule has 1 saturated heterocycles. The Labute approximate surface area is 170 Å². The van der Waals surface area contributed by atoms with Crippen molar-refractivity contribution < 1.29 is 4.74 Å². The van der Waals surface area contributed by atoms with E-state index in [4.69, 9.17) is 26.3 Å². The molecule has 0 radical (unpaired) electrons. The molecule has 2 aromatic heterocycles.